The zero-order chi connectivity index (χ0) is 19.6. The second-order valence-electron chi connectivity index (χ2n) is 5.79. The van der Waals surface area contributed by atoms with Gasteiger partial charge in [0.1, 0.15) is 12.4 Å². The number of esters is 1. The fraction of sp³-hybridized carbons (Fsp3) is 0.211. The Morgan fingerprint density at radius 2 is 2.04 bits per heavy atom. The molecule has 0 radical (unpaired) electrons. The van der Waals surface area contributed by atoms with Gasteiger partial charge in [0.25, 0.3) is 5.91 Å². The summed E-state index contributed by atoms with van der Waals surface area (Å²) in [6.07, 6.45) is 0. The smallest absolute Gasteiger partial charge is 0.326 e. The van der Waals surface area contributed by atoms with E-state index in [1.807, 2.05) is 25.1 Å². The second-order valence-corrected chi connectivity index (χ2v) is 7.20. The molecule has 0 aliphatic rings. The standard InChI is InChI=1S/C19H16ClFN2O3S/c1-3-26-17(24)10-23-15-7-4-11(2)8-16(15)27-19(23)22-18(25)13-6-5-12(21)9-14(13)20/h4-9H,3,10H2,1-2H3. The first-order valence-corrected chi connectivity index (χ1v) is 9.38. The van der Waals surface area contributed by atoms with E-state index in [0.29, 0.717) is 4.80 Å². The molecular weight excluding hydrogens is 391 g/mol. The van der Waals surface area contributed by atoms with Crippen molar-refractivity contribution in [2.45, 2.75) is 20.4 Å². The maximum atomic E-state index is 13.2. The van der Waals surface area contributed by atoms with Crippen LogP contribution in [0.15, 0.2) is 41.4 Å². The first kappa shape index (κ1) is 19.3. The lowest BCUT2D eigenvalue weighted by molar-refractivity contribution is -0.143. The van der Waals surface area contributed by atoms with Crippen LogP contribution < -0.4 is 4.80 Å². The van der Waals surface area contributed by atoms with Crippen molar-refractivity contribution in [3.05, 3.63) is 63.2 Å². The summed E-state index contributed by atoms with van der Waals surface area (Å²) in [6.45, 7) is 3.87. The third-order valence-electron chi connectivity index (χ3n) is 3.79. The van der Waals surface area contributed by atoms with Crippen molar-refractivity contribution < 1.29 is 18.7 Å². The van der Waals surface area contributed by atoms with E-state index in [1.54, 1.807) is 11.5 Å². The molecule has 0 aliphatic carbocycles. The number of hydrogen-bond acceptors (Lipinski definition) is 4. The molecule has 0 aliphatic heterocycles. The predicted octanol–water partition coefficient (Wildman–Crippen LogP) is 4.11. The van der Waals surface area contributed by atoms with Gasteiger partial charge >= 0.3 is 5.97 Å². The zero-order valence-corrected chi connectivity index (χ0v) is 16.2. The highest BCUT2D eigenvalue weighted by molar-refractivity contribution is 7.16. The maximum absolute atomic E-state index is 13.2. The molecule has 140 valence electrons. The molecule has 1 aromatic heterocycles. The third kappa shape index (κ3) is 4.26. The third-order valence-corrected chi connectivity index (χ3v) is 5.14. The minimum absolute atomic E-state index is 0.0161. The Morgan fingerprint density at radius 1 is 1.26 bits per heavy atom. The van der Waals surface area contributed by atoms with Crippen molar-refractivity contribution in [2.75, 3.05) is 6.61 Å². The summed E-state index contributed by atoms with van der Waals surface area (Å²) >= 11 is 7.24. The van der Waals surface area contributed by atoms with Crippen molar-refractivity contribution >= 4 is 45.0 Å². The minimum Gasteiger partial charge on any atom is -0.465 e. The summed E-state index contributed by atoms with van der Waals surface area (Å²) in [5.74, 6) is -1.57. The fourth-order valence-corrected chi connectivity index (χ4v) is 3.94. The summed E-state index contributed by atoms with van der Waals surface area (Å²) < 4.78 is 20.8. The van der Waals surface area contributed by atoms with Crippen LogP contribution in [0.1, 0.15) is 22.8 Å². The van der Waals surface area contributed by atoms with E-state index >= 15 is 0 Å². The van der Waals surface area contributed by atoms with Crippen LogP contribution >= 0.6 is 22.9 Å². The SMILES string of the molecule is CCOC(=O)Cn1c(=NC(=O)c2ccc(F)cc2Cl)sc2cc(C)ccc21. The molecule has 3 aromatic rings. The van der Waals surface area contributed by atoms with Gasteiger partial charge in [0.2, 0.25) is 0 Å². The average Bonchev–Trinajstić information content (AvgIpc) is 2.91. The quantitative estimate of drug-likeness (QED) is 0.612. The summed E-state index contributed by atoms with van der Waals surface area (Å²) in [5, 5.41) is -0.0161. The largest absolute Gasteiger partial charge is 0.465 e. The maximum Gasteiger partial charge on any atom is 0.326 e. The number of thiazole rings is 1. The molecule has 0 unspecified atom stereocenters. The molecular formula is C19H16ClFN2O3S. The molecule has 0 atom stereocenters. The summed E-state index contributed by atoms with van der Waals surface area (Å²) in [5.41, 5.74) is 1.91. The van der Waals surface area contributed by atoms with Crippen LogP contribution in [0.5, 0.6) is 0 Å². The molecule has 0 spiro atoms. The second kappa shape index (κ2) is 8.02. The number of nitrogens with zero attached hydrogens (tertiary/aromatic N) is 2. The minimum atomic E-state index is -0.610. The lowest BCUT2D eigenvalue weighted by Crippen LogP contribution is -2.23. The molecule has 27 heavy (non-hydrogen) atoms. The molecule has 0 N–H and O–H groups in total. The van der Waals surface area contributed by atoms with E-state index in [4.69, 9.17) is 16.3 Å². The fourth-order valence-electron chi connectivity index (χ4n) is 2.56. The molecule has 2 aromatic carbocycles. The number of hydrogen-bond donors (Lipinski definition) is 0. The highest BCUT2D eigenvalue weighted by Gasteiger charge is 2.14. The van der Waals surface area contributed by atoms with Gasteiger partial charge in [-0.2, -0.15) is 4.99 Å². The van der Waals surface area contributed by atoms with Gasteiger partial charge in [-0.15, -0.1) is 0 Å². The van der Waals surface area contributed by atoms with E-state index < -0.39 is 17.7 Å². The summed E-state index contributed by atoms with van der Waals surface area (Å²) in [6, 6.07) is 9.24. The predicted molar refractivity (Wildman–Crippen MR) is 102 cm³/mol. The van der Waals surface area contributed by atoms with E-state index in [9.17, 15) is 14.0 Å². The number of ether oxygens (including phenoxy) is 1. The van der Waals surface area contributed by atoms with Gasteiger partial charge in [0.05, 0.1) is 27.4 Å². The molecule has 8 heteroatoms. The van der Waals surface area contributed by atoms with Gasteiger partial charge in [0, 0.05) is 0 Å². The molecule has 0 fully saturated rings. The normalized spacial score (nSPS) is 11.8. The van der Waals surface area contributed by atoms with Crippen LogP contribution in [-0.4, -0.2) is 23.1 Å². The molecule has 1 heterocycles. The van der Waals surface area contributed by atoms with Gasteiger partial charge in [-0.05, 0) is 49.7 Å². The van der Waals surface area contributed by atoms with Crippen molar-refractivity contribution in [3.8, 4) is 0 Å². The first-order valence-electron chi connectivity index (χ1n) is 8.18. The number of aryl methyl sites for hydroxylation is 1. The highest BCUT2D eigenvalue weighted by Crippen LogP contribution is 2.21. The molecule has 3 rings (SSSR count). The van der Waals surface area contributed by atoms with Crippen LogP contribution in [-0.2, 0) is 16.1 Å². The first-order chi connectivity index (χ1) is 12.9. The Morgan fingerprint density at radius 3 is 2.74 bits per heavy atom. The molecule has 0 bridgehead atoms. The van der Waals surface area contributed by atoms with Crippen LogP contribution in [0.2, 0.25) is 5.02 Å². The number of rotatable bonds is 4. The number of halogens is 2. The van der Waals surface area contributed by atoms with Gasteiger partial charge in [-0.3, -0.25) is 9.59 Å². The number of carbonyl (C=O) groups is 2. The molecule has 0 saturated carbocycles. The molecule has 0 saturated heterocycles. The van der Waals surface area contributed by atoms with Gasteiger partial charge in [-0.25, -0.2) is 4.39 Å². The zero-order valence-electron chi connectivity index (χ0n) is 14.7. The average molecular weight is 407 g/mol. The molecule has 5 nitrogen and oxygen atoms in total. The van der Waals surface area contributed by atoms with Gasteiger partial charge in [0.15, 0.2) is 4.80 Å². The van der Waals surface area contributed by atoms with Crippen LogP contribution in [0.25, 0.3) is 10.2 Å². The topological polar surface area (TPSA) is 60.7 Å². The Kier molecular flexibility index (Phi) is 5.72. The summed E-state index contributed by atoms with van der Waals surface area (Å²) in [4.78, 5) is 29.0. The van der Waals surface area contributed by atoms with E-state index in [1.165, 1.54) is 17.4 Å². The number of fused-ring (bicyclic) bond motifs is 1. The number of amides is 1. The van der Waals surface area contributed by atoms with E-state index in [-0.39, 0.29) is 23.7 Å². The van der Waals surface area contributed by atoms with E-state index in [2.05, 4.69) is 4.99 Å². The Bertz CT molecular complexity index is 1100. The Balaban J connectivity index is 2.12. The number of carbonyl (C=O) groups excluding carboxylic acids is 2. The Hall–Kier alpha value is -2.51. The Labute approximate surface area is 163 Å². The number of benzene rings is 2. The van der Waals surface area contributed by atoms with Crippen molar-refractivity contribution in [1.82, 2.24) is 4.57 Å². The van der Waals surface area contributed by atoms with Crippen LogP contribution in [0, 0.1) is 12.7 Å². The monoisotopic (exact) mass is 406 g/mol. The van der Waals surface area contributed by atoms with Gasteiger partial charge in [-0.1, -0.05) is 29.0 Å². The van der Waals surface area contributed by atoms with Crippen LogP contribution in [0.4, 0.5) is 4.39 Å². The van der Waals surface area contributed by atoms with Gasteiger partial charge < -0.3 is 9.30 Å². The molecule has 1 amide bonds. The van der Waals surface area contributed by atoms with Crippen molar-refractivity contribution in [1.29, 1.82) is 0 Å². The lowest BCUT2D eigenvalue weighted by atomic mass is 10.2. The van der Waals surface area contributed by atoms with Crippen LogP contribution in [0.3, 0.4) is 0 Å². The van der Waals surface area contributed by atoms with Crippen molar-refractivity contribution in [2.24, 2.45) is 4.99 Å². The van der Waals surface area contributed by atoms with Crippen molar-refractivity contribution in [3.63, 3.8) is 0 Å². The highest BCUT2D eigenvalue weighted by atomic mass is 35.5. The lowest BCUT2D eigenvalue weighted by Gasteiger charge is -2.05. The summed E-state index contributed by atoms with van der Waals surface area (Å²) in [7, 11) is 0. The number of aromatic nitrogens is 1. The van der Waals surface area contributed by atoms with E-state index in [0.717, 1.165) is 27.9 Å².